The van der Waals surface area contributed by atoms with Crippen molar-refractivity contribution in [3.05, 3.63) is 119 Å². The van der Waals surface area contributed by atoms with Crippen molar-refractivity contribution in [1.29, 1.82) is 0 Å². The first kappa shape index (κ1) is 24.0. The summed E-state index contributed by atoms with van der Waals surface area (Å²) in [4.78, 5) is 25.1. The Morgan fingerprint density at radius 2 is 1.51 bits per heavy atom. The Kier molecular flexibility index (Phi) is 7.10. The van der Waals surface area contributed by atoms with Crippen LogP contribution in [0.5, 0.6) is 11.5 Å². The lowest BCUT2D eigenvalue weighted by molar-refractivity contribution is -0.123. The SMILES string of the molecule is O=C(COc1ccc2ccccc2c1)N/N=C\c1c(OC(=O)c2ccc(Cl)cc2)ccc2ccccc12. The van der Waals surface area contributed by atoms with Gasteiger partial charge in [0.15, 0.2) is 6.61 Å². The van der Waals surface area contributed by atoms with Crippen LogP contribution < -0.4 is 14.9 Å². The van der Waals surface area contributed by atoms with E-state index >= 15 is 0 Å². The average Bonchev–Trinajstić information content (AvgIpc) is 2.93. The molecule has 0 aliphatic carbocycles. The van der Waals surface area contributed by atoms with E-state index in [1.807, 2.05) is 72.8 Å². The van der Waals surface area contributed by atoms with Crippen molar-refractivity contribution in [2.45, 2.75) is 0 Å². The fourth-order valence-electron chi connectivity index (χ4n) is 3.85. The highest BCUT2D eigenvalue weighted by molar-refractivity contribution is 6.30. The first-order valence-electron chi connectivity index (χ1n) is 11.5. The van der Waals surface area contributed by atoms with Crippen molar-refractivity contribution in [2.75, 3.05) is 6.61 Å². The van der Waals surface area contributed by atoms with Gasteiger partial charge in [-0.15, -0.1) is 0 Å². The van der Waals surface area contributed by atoms with Gasteiger partial charge in [-0.3, -0.25) is 4.79 Å². The van der Waals surface area contributed by atoms with Crippen LogP contribution in [0.4, 0.5) is 0 Å². The maximum absolute atomic E-state index is 12.7. The largest absolute Gasteiger partial charge is 0.484 e. The van der Waals surface area contributed by atoms with Crippen molar-refractivity contribution in [3.63, 3.8) is 0 Å². The summed E-state index contributed by atoms with van der Waals surface area (Å²) < 4.78 is 11.3. The summed E-state index contributed by atoms with van der Waals surface area (Å²) in [7, 11) is 0. The van der Waals surface area contributed by atoms with Crippen LogP contribution in [0.1, 0.15) is 15.9 Å². The Hall–Kier alpha value is -4.68. The summed E-state index contributed by atoms with van der Waals surface area (Å²) in [6.45, 7) is -0.205. The van der Waals surface area contributed by atoms with Crippen LogP contribution in [0, 0.1) is 0 Å². The third kappa shape index (κ3) is 5.77. The molecule has 0 fully saturated rings. The molecule has 5 aromatic rings. The Bertz CT molecular complexity index is 1630. The number of hydrogen-bond acceptors (Lipinski definition) is 5. The number of hydrazone groups is 1. The number of halogens is 1. The second-order valence-electron chi connectivity index (χ2n) is 8.19. The van der Waals surface area contributed by atoms with Gasteiger partial charge in [0.25, 0.3) is 5.91 Å². The lowest BCUT2D eigenvalue weighted by Gasteiger charge is -2.11. The molecule has 0 heterocycles. The topological polar surface area (TPSA) is 77.0 Å². The van der Waals surface area contributed by atoms with E-state index < -0.39 is 11.9 Å². The summed E-state index contributed by atoms with van der Waals surface area (Å²) in [5.74, 6) is -0.0638. The van der Waals surface area contributed by atoms with Crippen LogP contribution in [-0.4, -0.2) is 24.7 Å². The standard InChI is InChI=1S/C30H21ClN2O4/c31-24-13-9-22(10-14-24)30(35)37-28-16-12-21-6-3-4-8-26(21)27(28)18-32-33-29(34)19-36-25-15-11-20-5-1-2-7-23(20)17-25/h1-18H,19H2,(H,33,34)/b32-18-. The van der Waals surface area contributed by atoms with Crippen LogP contribution in [0.25, 0.3) is 21.5 Å². The lowest BCUT2D eigenvalue weighted by Crippen LogP contribution is -2.24. The number of ether oxygens (including phenoxy) is 2. The third-order valence-electron chi connectivity index (χ3n) is 5.69. The molecular weight excluding hydrogens is 488 g/mol. The van der Waals surface area contributed by atoms with Crippen molar-refractivity contribution in [1.82, 2.24) is 5.43 Å². The van der Waals surface area contributed by atoms with Gasteiger partial charge in [-0.1, -0.05) is 72.3 Å². The maximum atomic E-state index is 12.7. The lowest BCUT2D eigenvalue weighted by atomic mass is 10.0. The highest BCUT2D eigenvalue weighted by Crippen LogP contribution is 2.27. The molecular formula is C30H21ClN2O4. The van der Waals surface area contributed by atoms with Gasteiger partial charge in [0.1, 0.15) is 11.5 Å². The van der Waals surface area contributed by atoms with E-state index in [0.29, 0.717) is 27.6 Å². The third-order valence-corrected chi connectivity index (χ3v) is 5.94. The maximum Gasteiger partial charge on any atom is 0.343 e. The summed E-state index contributed by atoms with van der Waals surface area (Å²) >= 11 is 5.92. The number of hydrogen-bond donors (Lipinski definition) is 1. The minimum absolute atomic E-state index is 0.205. The van der Waals surface area contributed by atoms with E-state index in [4.69, 9.17) is 21.1 Å². The molecule has 0 spiro atoms. The molecule has 1 N–H and O–H groups in total. The molecule has 0 atom stereocenters. The molecule has 5 rings (SSSR count). The van der Waals surface area contributed by atoms with Crippen molar-refractivity contribution >= 4 is 51.2 Å². The predicted octanol–water partition coefficient (Wildman–Crippen LogP) is 6.39. The molecule has 1 amide bonds. The molecule has 37 heavy (non-hydrogen) atoms. The number of carbonyl (C=O) groups excluding carboxylic acids is 2. The fourth-order valence-corrected chi connectivity index (χ4v) is 3.98. The minimum atomic E-state index is -0.533. The predicted molar refractivity (Wildman–Crippen MR) is 146 cm³/mol. The molecule has 0 saturated heterocycles. The molecule has 0 aliphatic heterocycles. The second kappa shape index (κ2) is 10.9. The zero-order valence-electron chi connectivity index (χ0n) is 19.6. The molecule has 0 aliphatic rings. The number of nitrogens with one attached hydrogen (secondary N) is 1. The van der Waals surface area contributed by atoms with Crippen LogP contribution >= 0.6 is 11.6 Å². The Morgan fingerprint density at radius 3 is 2.32 bits per heavy atom. The molecule has 0 bridgehead atoms. The number of rotatable bonds is 7. The Balaban J connectivity index is 1.30. The van der Waals surface area contributed by atoms with Gasteiger partial charge in [0, 0.05) is 10.6 Å². The Labute approximate surface area is 218 Å². The van der Waals surface area contributed by atoms with Gasteiger partial charge in [-0.2, -0.15) is 5.10 Å². The quantitative estimate of drug-likeness (QED) is 0.119. The zero-order valence-corrected chi connectivity index (χ0v) is 20.3. The summed E-state index contributed by atoms with van der Waals surface area (Å²) in [6.07, 6.45) is 1.46. The first-order chi connectivity index (χ1) is 18.1. The highest BCUT2D eigenvalue weighted by atomic mass is 35.5. The van der Waals surface area contributed by atoms with Gasteiger partial charge in [-0.25, -0.2) is 10.2 Å². The van der Waals surface area contributed by atoms with E-state index in [-0.39, 0.29) is 6.61 Å². The minimum Gasteiger partial charge on any atom is -0.484 e. The summed E-state index contributed by atoms with van der Waals surface area (Å²) in [6, 6.07) is 31.1. The molecule has 7 heteroatoms. The van der Waals surface area contributed by atoms with E-state index in [1.54, 1.807) is 30.3 Å². The van der Waals surface area contributed by atoms with Gasteiger partial charge >= 0.3 is 5.97 Å². The van der Waals surface area contributed by atoms with E-state index in [1.165, 1.54) is 6.21 Å². The highest BCUT2D eigenvalue weighted by Gasteiger charge is 2.14. The summed E-state index contributed by atoms with van der Waals surface area (Å²) in [5.41, 5.74) is 3.38. The van der Waals surface area contributed by atoms with Crippen molar-refractivity contribution in [2.24, 2.45) is 5.10 Å². The normalized spacial score (nSPS) is 11.1. The van der Waals surface area contributed by atoms with Crippen molar-refractivity contribution < 1.29 is 19.1 Å². The van der Waals surface area contributed by atoms with Crippen LogP contribution in [0.2, 0.25) is 5.02 Å². The van der Waals surface area contributed by atoms with Gasteiger partial charge in [0.05, 0.1) is 11.8 Å². The second-order valence-corrected chi connectivity index (χ2v) is 8.62. The Morgan fingerprint density at radius 1 is 0.811 bits per heavy atom. The van der Waals surface area contributed by atoms with Gasteiger partial charge in [0.2, 0.25) is 0 Å². The molecule has 5 aromatic carbocycles. The van der Waals surface area contributed by atoms with E-state index in [0.717, 1.165) is 21.5 Å². The molecule has 6 nitrogen and oxygen atoms in total. The number of carbonyl (C=O) groups is 2. The number of nitrogens with zero attached hydrogens (tertiary/aromatic N) is 1. The smallest absolute Gasteiger partial charge is 0.343 e. The van der Waals surface area contributed by atoms with Gasteiger partial charge in [-0.05, 0) is 64.0 Å². The van der Waals surface area contributed by atoms with Gasteiger partial charge < -0.3 is 9.47 Å². The van der Waals surface area contributed by atoms with Crippen LogP contribution in [-0.2, 0) is 4.79 Å². The summed E-state index contributed by atoms with van der Waals surface area (Å²) in [5, 5.41) is 8.47. The van der Waals surface area contributed by atoms with E-state index in [9.17, 15) is 9.59 Å². The number of fused-ring (bicyclic) bond motifs is 2. The molecule has 0 unspecified atom stereocenters. The van der Waals surface area contributed by atoms with Crippen LogP contribution in [0.15, 0.2) is 108 Å². The van der Waals surface area contributed by atoms with Crippen LogP contribution in [0.3, 0.4) is 0 Å². The number of benzene rings is 5. The molecule has 0 aromatic heterocycles. The van der Waals surface area contributed by atoms with E-state index in [2.05, 4.69) is 10.5 Å². The average molecular weight is 509 g/mol. The number of esters is 1. The monoisotopic (exact) mass is 508 g/mol. The first-order valence-corrected chi connectivity index (χ1v) is 11.9. The number of amides is 1. The molecule has 0 radical (unpaired) electrons. The molecule has 0 saturated carbocycles. The fraction of sp³-hybridized carbons (Fsp3) is 0.0333. The molecule has 182 valence electrons. The zero-order chi connectivity index (χ0) is 25.6. The van der Waals surface area contributed by atoms with Crippen molar-refractivity contribution in [3.8, 4) is 11.5 Å².